The molecule has 0 bridgehead atoms. The number of fused-ring (bicyclic) bond motifs is 1. The minimum absolute atomic E-state index is 0.287. The Labute approximate surface area is 158 Å². The van der Waals surface area contributed by atoms with Gasteiger partial charge in [0.1, 0.15) is 30.2 Å². The van der Waals surface area contributed by atoms with Crippen molar-refractivity contribution in [1.82, 2.24) is 19.5 Å². The molecule has 9 nitrogen and oxygen atoms in total. The molecule has 0 aliphatic carbocycles. The highest BCUT2D eigenvalue weighted by molar-refractivity contribution is 5.81. The van der Waals surface area contributed by atoms with Crippen LogP contribution in [-0.2, 0) is 14.2 Å². The van der Waals surface area contributed by atoms with Crippen molar-refractivity contribution in [3.05, 3.63) is 25.3 Å². The summed E-state index contributed by atoms with van der Waals surface area (Å²) in [7, 11) is 0. The molecule has 1 fully saturated rings. The molecule has 0 unspecified atom stereocenters. The molecule has 1 saturated heterocycles. The lowest BCUT2D eigenvalue weighted by molar-refractivity contribution is -0.0721. The minimum Gasteiger partial charge on any atom is -0.387 e. The van der Waals surface area contributed by atoms with Gasteiger partial charge in [0, 0.05) is 6.61 Å². The summed E-state index contributed by atoms with van der Waals surface area (Å²) in [6.45, 7) is 7.02. The number of imidazole rings is 1. The number of aliphatic hydroxyl groups excluding tert-OH is 1. The van der Waals surface area contributed by atoms with E-state index in [4.69, 9.17) is 19.9 Å². The Bertz CT molecular complexity index is 752. The average molecular weight is 377 g/mol. The number of hydrogen-bond donors (Lipinski definition) is 2. The third kappa shape index (κ3) is 4.27. The van der Waals surface area contributed by atoms with Gasteiger partial charge in [0.2, 0.25) is 0 Å². The second kappa shape index (κ2) is 9.23. The van der Waals surface area contributed by atoms with E-state index in [0.717, 1.165) is 19.3 Å². The van der Waals surface area contributed by atoms with E-state index in [2.05, 4.69) is 28.5 Å². The van der Waals surface area contributed by atoms with Crippen LogP contribution in [-0.4, -0.2) is 62.8 Å². The predicted octanol–water partition coefficient (Wildman–Crippen LogP) is 1.44. The van der Waals surface area contributed by atoms with Crippen molar-refractivity contribution in [3.63, 3.8) is 0 Å². The monoisotopic (exact) mass is 377 g/mol. The van der Waals surface area contributed by atoms with Crippen LogP contribution in [0.5, 0.6) is 0 Å². The van der Waals surface area contributed by atoms with E-state index >= 15 is 0 Å². The molecular formula is C18H27N5O4. The first-order valence-corrected chi connectivity index (χ1v) is 9.24. The summed E-state index contributed by atoms with van der Waals surface area (Å²) < 4.78 is 19.2. The highest BCUT2D eigenvalue weighted by Gasteiger charge is 2.46. The summed E-state index contributed by atoms with van der Waals surface area (Å²) >= 11 is 0. The molecule has 0 aromatic carbocycles. The van der Waals surface area contributed by atoms with Crippen LogP contribution in [0.25, 0.3) is 11.2 Å². The standard InChI is InChI=1S/C18H27N5O4/c1-3-5-6-8-25-9-12-14(24)15(26-7-4-2)18(27-12)23-11-22-13-16(19)20-10-21-17(13)23/h4,10-12,14-15,18,24H,2-3,5-9H2,1H3,(H2,19,20,21)/t12-,14-,15-,18-/m1/s1. The van der Waals surface area contributed by atoms with Gasteiger partial charge in [0.15, 0.2) is 17.7 Å². The summed E-state index contributed by atoms with van der Waals surface area (Å²) in [5.74, 6) is 0.289. The molecule has 0 spiro atoms. The molecule has 0 amide bonds. The van der Waals surface area contributed by atoms with E-state index in [1.165, 1.54) is 6.33 Å². The summed E-state index contributed by atoms with van der Waals surface area (Å²) in [4.78, 5) is 12.5. The zero-order valence-electron chi connectivity index (χ0n) is 15.5. The first-order chi connectivity index (χ1) is 13.2. The highest BCUT2D eigenvalue weighted by Crippen LogP contribution is 2.34. The molecule has 0 saturated carbocycles. The van der Waals surface area contributed by atoms with Crippen LogP contribution in [0.4, 0.5) is 5.82 Å². The zero-order valence-corrected chi connectivity index (χ0v) is 15.5. The SMILES string of the molecule is C=CCO[C@@H]1[C@H](O)[C@@H](COCCCCC)O[C@H]1n1cnc2c(N)ncnc21. The van der Waals surface area contributed by atoms with Crippen molar-refractivity contribution < 1.29 is 19.3 Å². The molecule has 3 rings (SSSR count). The maximum absolute atomic E-state index is 10.7. The van der Waals surface area contributed by atoms with Gasteiger partial charge >= 0.3 is 0 Å². The quantitative estimate of drug-likeness (QED) is 0.472. The number of hydrogen-bond acceptors (Lipinski definition) is 8. The molecule has 148 valence electrons. The van der Waals surface area contributed by atoms with E-state index in [-0.39, 0.29) is 12.4 Å². The molecule has 27 heavy (non-hydrogen) atoms. The lowest BCUT2D eigenvalue weighted by Gasteiger charge is -2.21. The normalized spacial score (nSPS) is 25.3. The Morgan fingerprint density at radius 3 is 3.00 bits per heavy atom. The Hall–Kier alpha value is -2.07. The Morgan fingerprint density at radius 1 is 1.37 bits per heavy atom. The van der Waals surface area contributed by atoms with E-state index < -0.39 is 24.5 Å². The van der Waals surface area contributed by atoms with Crippen molar-refractivity contribution in [2.75, 3.05) is 25.6 Å². The van der Waals surface area contributed by atoms with Gasteiger partial charge in [-0.25, -0.2) is 15.0 Å². The van der Waals surface area contributed by atoms with Crippen molar-refractivity contribution in [2.24, 2.45) is 0 Å². The number of nitrogen functional groups attached to an aromatic ring is 1. The van der Waals surface area contributed by atoms with Gasteiger partial charge in [-0.3, -0.25) is 4.57 Å². The maximum atomic E-state index is 10.7. The fourth-order valence-electron chi connectivity index (χ4n) is 3.15. The largest absolute Gasteiger partial charge is 0.387 e. The van der Waals surface area contributed by atoms with Crippen LogP contribution in [0.2, 0.25) is 0 Å². The van der Waals surface area contributed by atoms with Crippen molar-refractivity contribution >= 4 is 17.0 Å². The molecule has 3 N–H and O–H groups in total. The smallest absolute Gasteiger partial charge is 0.167 e. The molecule has 1 aliphatic rings. The van der Waals surface area contributed by atoms with Crippen LogP contribution in [0.15, 0.2) is 25.3 Å². The molecule has 4 atom stereocenters. The van der Waals surface area contributed by atoms with Gasteiger partial charge in [0.25, 0.3) is 0 Å². The van der Waals surface area contributed by atoms with Crippen LogP contribution < -0.4 is 5.73 Å². The molecular weight excluding hydrogens is 350 g/mol. The second-order valence-corrected chi connectivity index (χ2v) is 6.51. The van der Waals surface area contributed by atoms with E-state index in [9.17, 15) is 5.11 Å². The van der Waals surface area contributed by atoms with Crippen LogP contribution >= 0.6 is 0 Å². The van der Waals surface area contributed by atoms with Gasteiger partial charge in [-0.05, 0) is 6.42 Å². The third-order valence-electron chi connectivity index (χ3n) is 4.55. The van der Waals surface area contributed by atoms with Crippen molar-refractivity contribution in [3.8, 4) is 0 Å². The number of ether oxygens (including phenoxy) is 3. The van der Waals surface area contributed by atoms with Gasteiger partial charge < -0.3 is 25.1 Å². The fraction of sp³-hybridized carbons (Fsp3) is 0.611. The van der Waals surface area contributed by atoms with Gasteiger partial charge in [0.05, 0.1) is 19.5 Å². The molecule has 0 radical (unpaired) electrons. The van der Waals surface area contributed by atoms with Crippen LogP contribution in [0, 0.1) is 0 Å². The van der Waals surface area contributed by atoms with Crippen molar-refractivity contribution in [2.45, 2.75) is 50.7 Å². The van der Waals surface area contributed by atoms with E-state index in [1.54, 1.807) is 17.0 Å². The molecule has 2 aromatic heterocycles. The summed E-state index contributed by atoms with van der Waals surface area (Å²) in [6.07, 6.45) is 5.22. The average Bonchev–Trinajstić information content (AvgIpc) is 3.22. The van der Waals surface area contributed by atoms with E-state index in [1.807, 2.05) is 0 Å². The Balaban J connectivity index is 1.76. The number of unbranched alkanes of at least 4 members (excludes halogenated alkanes) is 2. The topological polar surface area (TPSA) is 118 Å². The van der Waals surface area contributed by atoms with Gasteiger partial charge in [-0.15, -0.1) is 6.58 Å². The molecule has 1 aliphatic heterocycles. The Morgan fingerprint density at radius 2 is 2.22 bits per heavy atom. The first kappa shape index (κ1) is 19.7. The first-order valence-electron chi connectivity index (χ1n) is 9.24. The van der Waals surface area contributed by atoms with Crippen LogP contribution in [0.1, 0.15) is 32.4 Å². The highest BCUT2D eigenvalue weighted by atomic mass is 16.6. The van der Waals surface area contributed by atoms with Crippen LogP contribution in [0.3, 0.4) is 0 Å². The summed E-state index contributed by atoms with van der Waals surface area (Å²) in [5.41, 5.74) is 6.87. The Kier molecular flexibility index (Phi) is 6.73. The lowest BCUT2D eigenvalue weighted by atomic mass is 10.1. The number of anilines is 1. The second-order valence-electron chi connectivity index (χ2n) is 6.51. The lowest BCUT2D eigenvalue weighted by Crippen LogP contribution is -2.36. The number of nitrogens with two attached hydrogens (primary N) is 1. The summed E-state index contributed by atoms with van der Waals surface area (Å²) in [6, 6.07) is 0. The summed E-state index contributed by atoms with van der Waals surface area (Å²) in [5, 5.41) is 10.7. The zero-order chi connectivity index (χ0) is 19.2. The number of rotatable bonds is 10. The van der Waals surface area contributed by atoms with Gasteiger partial charge in [-0.2, -0.15) is 0 Å². The van der Waals surface area contributed by atoms with Gasteiger partial charge in [-0.1, -0.05) is 25.8 Å². The van der Waals surface area contributed by atoms with E-state index in [0.29, 0.717) is 24.4 Å². The maximum Gasteiger partial charge on any atom is 0.167 e. The number of aromatic nitrogens is 4. The molecule has 9 heteroatoms. The fourth-order valence-corrected chi connectivity index (χ4v) is 3.15. The minimum atomic E-state index is -0.849. The number of aliphatic hydroxyl groups is 1. The third-order valence-corrected chi connectivity index (χ3v) is 4.55. The number of nitrogens with zero attached hydrogens (tertiary/aromatic N) is 4. The molecule has 2 aromatic rings. The predicted molar refractivity (Wildman–Crippen MR) is 99.9 cm³/mol. The van der Waals surface area contributed by atoms with Crippen molar-refractivity contribution in [1.29, 1.82) is 0 Å². The molecule has 3 heterocycles.